The van der Waals surface area contributed by atoms with Gasteiger partial charge in [-0.05, 0) is 28.5 Å². The van der Waals surface area contributed by atoms with Gasteiger partial charge in [-0.3, -0.25) is 9.59 Å². The molecule has 0 aromatic heterocycles. The lowest BCUT2D eigenvalue weighted by atomic mass is 9.63. The Kier molecular flexibility index (Phi) is 4.51. The molecule has 5 rings (SSSR count). The second kappa shape index (κ2) is 7.08. The number of Topliss-reactive ketones (excluding diaryl/α,β-unsaturated/α-hetero) is 1. The highest BCUT2D eigenvalue weighted by molar-refractivity contribution is 6.19. The van der Waals surface area contributed by atoms with E-state index in [1.807, 2.05) is 0 Å². The average molecular weight is 440 g/mol. The molecular formula is C27H25N3O3. The number of amides is 1. The zero-order chi connectivity index (χ0) is 23.5. The molecule has 3 aliphatic rings. The summed E-state index contributed by atoms with van der Waals surface area (Å²) < 4.78 is 5.86. The molecule has 6 nitrogen and oxygen atoms in total. The van der Waals surface area contributed by atoms with Gasteiger partial charge in [0.1, 0.15) is 22.8 Å². The SMILES string of the molecule is CC(C)(C)c1ccc([C@@H]2CC(=O)C3=C(C2)OC(N)=C(C#N)[C@@]32C(=O)Nc3ccccc32)cc1. The minimum atomic E-state index is -1.57. The summed E-state index contributed by atoms with van der Waals surface area (Å²) in [4.78, 5) is 27.0. The number of nitrogens with zero attached hydrogens (tertiary/aromatic N) is 1. The lowest BCUT2D eigenvalue weighted by Crippen LogP contribution is -2.47. The van der Waals surface area contributed by atoms with Gasteiger partial charge in [0.2, 0.25) is 11.8 Å². The smallest absolute Gasteiger partial charge is 0.245 e. The van der Waals surface area contributed by atoms with Gasteiger partial charge < -0.3 is 15.8 Å². The van der Waals surface area contributed by atoms with Crippen LogP contribution in [0, 0.1) is 11.3 Å². The fraction of sp³-hybridized carbons (Fsp3) is 0.296. The Labute approximate surface area is 192 Å². The molecule has 2 atom stereocenters. The number of nitrogens with two attached hydrogens (primary N) is 1. The number of para-hydroxylation sites is 1. The first-order chi connectivity index (χ1) is 15.7. The standard InChI is InChI=1S/C27H25N3O3/c1-26(2,3)17-10-8-15(9-11-17)16-12-21(31)23-22(13-16)33-24(29)19(14-28)27(23)18-6-4-5-7-20(18)30-25(27)32/h4-11,16H,12-13,29H2,1-3H3,(H,30,32)/t16-,27-/m1/s1. The molecule has 33 heavy (non-hydrogen) atoms. The van der Waals surface area contributed by atoms with Crippen LogP contribution in [0.2, 0.25) is 0 Å². The van der Waals surface area contributed by atoms with Crippen molar-refractivity contribution in [2.24, 2.45) is 5.73 Å². The fourth-order valence-electron chi connectivity index (χ4n) is 5.27. The number of ether oxygens (including phenoxy) is 1. The van der Waals surface area contributed by atoms with Gasteiger partial charge >= 0.3 is 0 Å². The lowest BCUT2D eigenvalue weighted by Gasteiger charge is -2.39. The van der Waals surface area contributed by atoms with E-state index >= 15 is 0 Å². The van der Waals surface area contributed by atoms with Crippen LogP contribution < -0.4 is 11.1 Å². The molecule has 1 amide bonds. The van der Waals surface area contributed by atoms with Crippen molar-refractivity contribution in [1.29, 1.82) is 5.26 Å². The van der Waals surface area contributed by atoms with E-state index < -0.39 is 11.3 Å². The Hall–Kier alpha value is -3.85. The maximum Gasteiger partial charge on any atom is 0.245 e. The summed E-state index contributed by atoms with van der Waals surface area (Å²) in [5.74, 6) is -0.494. The number of allylic oxidation sites excluding steroid dienone is 1. The van der Waals surface area contributed by atoms with Gasteiger partial charge in [-0.2, -0.15) is 5.26 Å². The highest BCUT2D eigenvalue weighted by Crippen LogP contribution is 2.55. The Morgan fingerprint density at radius 1 is 1.09 bits per heavy atom. The summed E-state index contributed by atoms with van der Waals surface area (Å²) in [6, 6.07) is 17.5. The van der Waals surface area contributed by atoms with E-state index in [1.54, 1.807) is 24.3 Å². The first kappa shape index (κ1) is 21.0. The second-order valence-electron chi connectivity index (χ2n) is 9.90. The molecule has 166 valence electrons. The molecule has 1 spiro atoms. The van der Waals surface area contributed by atoms with Crippen LogP contribution in [0.5, 0.6) is 0 Å². The lowest BCUT2D eigenvalue weighted by molar-refractivity contribution is -0.123. The highest BCUT2D eigenvalue weighted by atomic mass is 16.5. The fourth-order valence-corrected chi connectivity index (χ4v) is 5.27. The minimum absolute atomic E-state index is 0.0334. The zero-order valence-electron chi connectivity index (χ0n) is 18.9. The number of carbonyl (C=O) groups is 2. The Morgan fingerprint density at radius 3 is 2.45 bits per heavy atom. The third-order valence-electron chi connectivity index (χ3n) is 6.93. The molecule has 0 radical (unpaired) electrons. The molecule has 0 unspecified atom stereocenters. The quantitative estimate of drug-likeness (QED) is 0.689. The topological polar surface area (TPSA) is 105 Å². The predicted molar refractivity (Wildman–Crippen MR) is 124 cm³/mol. The van der Waals surface area contributed by atoms with E-state index in [2.05, 4.69) is 56.4 Å². The number of nitrogens with one attached hydrogen (secondary N) is 1. The van der Waals surface area contributed by atoms with Crippen LogP contribution in [0.15, 0.2) is 71.3 Å². The Morgan fingerprint density at radius 2 is 1.79 bits per heavy atom. The first-order valence-corrected chi connectivity index (χ1v) is 11.0. The maximum atomic E-state index is 13.6. The Bertz CT molecular complexity index is 1310. The second-order valence-corrected chi connectivity index (χ2v) is 9.90. The number of ketones is 1. The summed E-state index contributed by atoms with van der Waals surface area (Å²) in [7, 11) is 0. The molecule has 3 N–H and O–H groups in total. The van der Waals surface area contributed by atoms with Gasteiger partial charge in [-0.25, -0.2) is 0 Å². The van der Waals surface area contributed by atoms with Gasteiger partial charge in [0.05, 0.1) is 5.57 Å². The van der Waals surface area contributed by atoms with E-state index in [1.165, 1.54) is 5.56 Å². The molecule has 0 bridgehead atoms. The van der Waals surface area contributed by atoms with Crippen molar-refractivity contribution in [1.82, 2.24) is 0 Å². The number of carbonyl (C=O) groups excluding carboxylic acids is 2. The highest BCUT2D eigenvalue weighted by Gasteiger charge is 2.60. The van der Waals surface area contributed by atoms with E-state index in [4.69, 9.17) is 10.5 Å². The number of nitriles is 1. The molecule has 2 aliphatic heterocycles. The summed E-state index contributed by atoms with van der Waals surface area (Å²) in [6.45, 7) is 6.47. The summed E-state index contributed by atoms with van der Waals surface area (Å²) >= 11 is 0. The van der Waals surface area contributed by atoms with Crippen molar-refractivity contribution in [3.05, 3.63) is 88.0 Å². The van der Waals surface area contributed by atoms with Gasteiger partial charge in [-0.15, -0.1) is 0 Å². The van der Waals surface area contributed by atoms with E-state index in [0.717, 1.165) is 5.56 Å². The largest absolute Gasteiger partial charge is 0.444 e. The van der Waals surface area contributed by atoms with Crippen molar-refractivity contribution in [3.63, 3.8) is 0 Å². The van der Waals surface area contributed by atoms with Gasteiger partial charge in [0.15, 0.2) is 5.78 Å². The van der Waals surface area contributed by atoms with E-state index in [-0.39, 0.29) is 40.6 Å². The average Bonchev–Trinajstić information content (AvgIpc) is 3.05. The molecule has 2 heterocycles. The number of rotatable bonds is 1. The van der Waals surface area contributed by atoms with E-state index in [0.29, 0.717) is 23.4 Å². The monoisotopic (exact) mass is 439 g/mol. The molecule has 2 aromatic rings. The first-order valence-electron chi connectivity index (χ1n) is 11.0. The third-order valence-corrected chi connectivity index (χ3v) is 6.93. The van der Waals surface area contributed by atoms with Crippen LogP contribution in [0.3, 0.4) is 0 Å². The van der Waals surface area contributed by atoms with Crippen LogP contribution in [-0.2, 0) is 25.2 Å². The molecule has 0 fully saturated rings. The molecule has 6 heteroatoms. The van der Waals surface area contributed by atoms with E-state index in [9.17, 15) is 14.9 Å². The van der Waals surface area contributed by atoms with Crippen LogP contribution in [0.25, 0.3) is 0 Å². The van der Waals surface area contributed by atoms with Crippen molar-refractivity contribution in [2.45, 2.75) is 50.4 Å². The summed E-state index contributed by atoms with van der Waals surface area (Å²) in [5.41, 5.74) is 8.22. The van der Waals surface area contributed by atoms with Crippen LogP contribution >= 0.6 is 0 Å². The number of anilines is 1. The van der Waals surface area contributed by atoms with Crippen molar-refractivity contribution in [2.75, 3.05) is 5.32 Å². The number of hydrogen-bond donors (Lipinski definition) is 2. The van der Waals surface area contributed by atoms with Crippen LogP contribution in [-0.4, -0.2) is 11.7 Å². The minimum Gasteiger partial charge on any atom is -0.444 e. The number of hydrogen-bond acceptors (Lipinski definition) is 5. The third kappa shape index (κ3) is 2.92. The Balaban J connectivity index is 1.63. The summed E-state index contributed by atoms with van der Waals surface area (Å²) in [5, 5.41) is 12.8. The molecule has 2 aromatic carbocycles. The molecule has 0 saturated carbocycles. The van der Waals surface area contributed by atoms with Crippen LogP contribution in [0.4, 0.5) is 5.69 Å². The summed E-state index contributed by atoms with van der Waals surface area (Å²) in [6.07, 6.45) is 0.652. The van der Waals surface area contributed by atoms with Crippen molar-refractivity contribution >= 4 is 17.4 Å². The number of fused-ring (bicyclic) bond motifs is 3. The van der Waals surface area contributed by atoms with Gasteiger partial charge in [0, 0.05) is 24.1 Å². The maximum absolute atomic E-state index is 13.6. The van der Waals surface area contributed by atoms with Crippen molar-refractivity contribution in [3.8, 4) is 6.07 Å². The predicted octanol–water partition coefficient (Wildman–Crippen LogP) is 4.30. The molecular weight excluding hydrogens is 414 g/mol. The molecule has 0 saturated heterocycles. The number of benzene rings is 2. The van der Waals surface area contributed by atoms with Gasteiger partial charge in [0.25, 0.3) is 0 Å². The van der Waals surface area contributed by atoms with Gasteiger partial charge in [-0.1, -0.05) is 63.2 Å². The van der Waals surface area contributed by atoms with Crippen molar-refractivity contribution < 1.29 is 14.3 Å². The normalized spacial score (nSPS) is 24.2. The van der Waals surface area contributed by atoms with Crippen LogP contribution in [0.1, 0.15) is 56.2 Å². The molecule has 1 aliphatic carbocycles. The zero-order valence-corrected chi connectivity index (χ0v) is 18.9.